The predicted molar refractivity (Wildman–Crippen MR) is 203 cm³/mol. The van der Waals surface area contributed by atoms with Crippen molar-refractivity contribution in [3.63, 3.8) is 0 Å². The number of morpholine rings is 1. The third kappa shape index (κ3) is 6.82. The number of fused-ring (bicyclic) bond motifs is 2. The van der Waals surface area contributed by atoms with E-state index < -0.39 is 60.1 Å². The van der Waals surface area contributed by atoms with Crippen molar-refractivity contribution in [2.75, 3.05) is 33.6 Å². The number of amides is 2. The number of methoxy groups -OCH3 is 2. The molecular formula is C38H46N6O8SSi. The highest BCUT2D eigenvalue weighted by atomic mass is 32.2. The Morgan fingerprint density at radius 3 is 2.06 bits per heavy atom. The standard InChI is InChI=1S/C38H46N6O8SSi/c1-26-21-42(36(45)41-34(26)43-25-39-24-40-43)35-32-33(52-54(5,6)7)37(51-35,22-44(32)53(4,46)47)23-50-38(27-11-9-8-10-12-27,28-13-17-30(48-2)18-14-28)29-15-19-31(49-3)20-16-29/h8-21,24-25,32-35H,22-23H2,1-7H3,(H,41,45)/t32-,33+,34?,35-,37-/m1/s1. The Kier molecular flexibility index (Phi) is 9.95. The van der Waals surface area contributed by atoms with E-state index in [2.05, 4.69) is 15.4 Å². The van der Waals surface area contributed by atoms with Gasteiger partial charge in [-0.15, -0.1) is 0 Å². The van der Waals surface area contributed by atoms with Crippen LogP contribution in [0.5, 0.6) is 11.5 Å². The van der Waals surface area contributed by atoms with Crippen LogP contribution in [0.4, 0.5) is 4.79 Å². The maximum atomic E-state index is 13.9. The van der Waals surface area contributed by atoms with Gasteiger partial charge < -0.3 is 28.7 Å². The largest absolute Gasteiger partial charge is 0.497 e. The summed E-state index contributed by atoms with van der Waals surface area (Å²) < 4.78 is 62.6. The molecule has 2 amide bonds. The first kappa shape index (κ1) is 37.7. The van der Waals surface area contributed by atoms with Crippen molar-refractivity contribution >= 4 is 24.4 Å². The van der Waals surface area contributed by atoms with Crippen LogP contribution in [0.25, 0.3) is 0 Å². The third-order valence-electron chi connectivity index (χ3n) is 10.1. The molecule has 286 valence electrons. The fraction of sp³-hybridized carbons (Fsp3) is 0.395. The molecule has 5 atom stereocenters. The molecule has 1 unspecified atom stereocenters. The van der Waals surface area contributed by atoms with E-state index in [9.17, 15) is 13.2 Å². The fourth-order valence-corrected chi connectivity index (χ4v) is 9.91. The summed E-state index contributed by atoms with van der Waals surface area (Å²) >= 11 is 0. The zero-order valence-corrected chi connectivity index (χ0v) is 33.2. The first-order valence-corrected chi connectivity index (χ1v) is 22.9. The van der Waals surface area contributed by atoms with Crippen molar-refractivity contribution < 1.29 is 36.6 Å². The normalized spacial score (nSPS) is 24.7. The van der Waals surface area contributed by atoms with Gasteiger partial charge in [-0.05, 0) is 73.1 Å². The third-order valence-corrected chi connectivity index (χ3v) is 12.3. The summed E-state index contributed by atoms with van der Waals surface area (Å²) in [6.45, 7) is 7.84. The minimum absolute atomic E-state index is 0.0437. The number of carbonyl (C=O) groups is 1. The molecule has 7 rings (SSSR count). The molecule has 4 heterocycles. The number of rotatable bonds is 13. The van der Waals surface area contributed by atoms with Crippen LogP contribution in [0.1, 0.15) is 29.8 Å². The van der Waals surface area contributed by atoms with Crippen molar-refractivity contribution in [3.8, 4) is 11.5 Å². The molecule has 1 aromatic heterocycles. The monoisotopic (exact) mass is 774 g/mol. The zero-order chi connectivity index (χ0) is 38.5. The minimum Gasteiger partial charge on any atom is -0.497 e. The zero-order valence-electron chi connectivity index (χ0n) is 31.4. The number of sulfonamides is 1. The number of ether oxygens (including phenoxy) is 4. The second kappa shape index (κ2) is 14.2. The highest BCUT2D eigenvalue weighted by molar-refractivity contribution is 7.88. The van der Waals surface area contributed by atoms with Crippen LogP contribution in [0.2, 0.25) is 19.6 Å². The molecule has 2 bridgehead atoms. The number of hydrogen-bond acceptors (Lipinski definition) is 10. The van der Waals surface area contributed by atoms with Crippen LogP contribution in [0.15, 0.2) is 103 Å². The van der Waals surface area contributed by atoms with Crippen molar-refractivity contribution in [1.82, 2.24) is 29.3 Å². The molecule has 2 fully saturated rings. The Morgan fingerprint density at radius 1 is 0.944 bits per heavy atom. The van der Waals surface area contributed by atoms with E-state index in [-0.39, 0.29) is 13.2 Å². The van der Waals surface area contributed by atoms with E-state index in [1.54, 1.807) is 25.1 Å². The van der Waals surface area contributed by atoms with Crippen LogP contribution in [-0.4, -0.2) is 104 Å². The molecule has 4 aromatic rings. The number of urea groups is 1. The molecule has 3 aliphatic heterocycles. The van der Waals surface area contributed by atoms with Gasteiger partial charge in [0, 0.05) is 12.7 Å². The Bertz CT molecular complexity index is 2050. The molecular weight excluding hydrogens is 729 g/mol. The molecule has 0 radical (unpaired) electrons. The molecule has 1 N–H and O–H groups in total. The lowest BCUT2D eigenvalue weighted by Crippen LogP contribution is -2.60. The van der Waals surface area contributed by atoms with Crippen LogP contribution in [0, 0.1) is 0 Å². The Balaban J connectivity index is 1.36. The van der Waals surface area contributed by atoms with Gasteiger partial charge in [0.2, 0.25) is 10.0 Å². The highest BCUT2D eigenvalue weighted by Crippen LogP contribution is 2.50. The highest BCUT2D eigenvalue weighted by Gasteiger charge is 2.69. The predicted octanol–water partition coefficient (Wildman–Crippen LogP) is 4.69. The van der Waals surface area contributed by atoms with Crippen LogP contribution in [-0.2, 0) is 29.5 Å². The topological polar surface area (TPSA) is 147 Å². The number of benzene rings is 3. The lowest BCUT2D eigenvalue weighted by molar-refractivity contribution is -0.171. The summed E-state index contributed by atoms with van der Waals surface area (Å²) in [5, 5.41) is 7.17. The minimum atomic E-state index is -3.83. The molecule has 3 aliphatic rings. The number of hydrogen-bond donors (Lipinski definition) is 1. The molecule has 0 spiro atoms. The van der Waals surface area contributed by atoms with E-state index in [1.807, 2.05) is 105 Å². The van der Waals surface area contributed by atoms with Crippen molar-refractivity contribution in [3.05, 3.63) is 120 Å². The Labute approximate surface area is 316 Å². The van der Waals surface area contributed by atoms with E-state index in [4.69, 9.17) is 23.4 Å². The van der Waals surface area contributed by atoms with Crippen molar-refractivity contribution in [2.45, 2.75) is 62.3 Å². The lowest BCUT2D eigenvalue weighted by atomic mass is 9.79. The Morgan fingerprint density at radius 2 is 1.54 bits per heavy atom. The molecule has 0 saturated carbocycles. The summed E-state index contributed by atoms with van der Waals surface area (Å²) in [5.74, 6) is 1.35. The Hall–Kier alpha value is -4.58. The maximum absolute atomic E-state index is 13.9. The maximum Gasteiger partial charge on any atom is 0.325 e. The summed E-state index contributed by atoms with van der Waals surface area (Å²) in [7, 11) is -2.99. The average Bonchev–Trinajstić information content (AvgIpc) is 3.87. The van der Waals surface area contributed by atoms with Gasteiger partial charge in [0.15, 0.2) is 14.5 Å². The van der Waals surface area contributed by atoms with Crippen molar-refractivity contribution in [2.24, 2.45) is 0 Å². The summed E-state index contributed by atoms with van der Waals surface area (Å²) in [4.78, 5) is 19.4. The van der Waals surface area contributed by atoms with Gasteiger partial charge in [-0.2, -0.15) is 9.40 Å². The summed E-state index contributed by atoms with van der Waals surface area (Å²) in [6, 6.07) is 23.8. The number of carbonyl (C=O) groups excluding carboxylic acids is 1. The smallest absolute Gasteiger partial charge is 0.325 e. The van der Waals surface area contributed by atoms with Gasteiger partial charge in [0.05, 0.1) is 39.2 Å². The van der Waals surface area contributed by atoms with Gasteiger partial charge in [0.25, 0.3) is 0 Å². The average molecular weight is 775 g/mol. The second-order valence-electron chi connectivity index (χ2n) is 14.8. The number of aromatic nitrogens is 3. The molecule has 16 heteroatoms. The first-order valence-electron chi connectivity index (χ1n) is 17.6. The van der Waals surface area contributed by atoms with Gasteiger partial charge in [-0.1, -0.05) is 54.6 Å². The van der Waals surface area contributed by atoms with E-state index in [0.29, 0.717) is 11.5 Å². The van der Waals surface area contributed by atoms with Crippen LogP contribution < -0.4 is 14.8 Å². The molecule has 2 saturated heterocycles. The number of nitrogens with one attached hydrogen (secondary N) is 1. The quantitative estimate of drug-likeness (QED) is 0.150. The second-order valence-corrected chi connectivity index (χ2v) is 21.2. The number of nitrogens with zero attached hydrogens (tertiary/aromatic N) is 5. The lowest BCUT2D eigenvalue weighted by Gasteiger charge is -2.43. The molecule has 54 heavy (non-hydrogen) atoms. The first-order chi connectivity index (χ1) is 25.7. The van der Waals surface area contributed by atoms with Gasteiger partial charge in [0.1, 0.15) is 41.5 Å². The summed E-state index contributed by atoms with van der Waals surface area (Å²) in [5.41, 5.74) is 0.621. The van der Waals surface area contributed by atoms with Gasteiger partial charge >= 0.3 is 6.03 Å². The summed E-state index contributed by atoms with van der Waals surface area (Å²) in [6.07, 6.45) is 3.37. The van der Waals surface area contributed by atoms with Crippen molar-refractivity contribution in [1.29, 1.82) is 0 Å². The SMILES string of the molecule is COc1ccc(C(OC[C@@]23CN(S(C)(=O)=O)[C@@H]([C@H](N4C=C(C)C(n5cncn5)NC4=O)O2)[C@@H]3O[Si](C)(C)C)(c2ccccc2)c2ccc(OC)cc2)cc1. The molecule has 3 aromatic carbocycles. The van der Waals surface area contributed by atoms with E-state index in [1.165, 1.54) is 28.1 Å². The van der Waals surface area contributed by atoms with Crippen LogP contribution >= 0.6 is 0 Å². The van der Waals surface area contributed by atoms with Gasteiger partial charge in [-0.25, -0.2) is 22.9 Å². The van der Waals surface area contributed by atoms with Gasteiger partial charge in [-0.3, -0.25) is 4.90 Å². The molecule has 14 nitrogen and oxygen atoms in total. The van der Waals surface area contributed by atoms with Crippen LogP contribution in [0.3, 0.4) is 0 Å². The van der Waals surface area contributed by atoms with E-state index in [0.717, 1.165) is 22.3 Å². The molecule has 0 aliphatic carbocycles. The van der Waals surface area contributed by atoms with E-state index >= 15 is 0 Å². The fourth-order valence-electron chi connectivity index (χ4n) is 7.68.